The van der Waals surface area contributed by atoms with E-state index in [1.165, 1.54) is 4.90 Å². The number of hydrogen-bond donors (Lipinski definition) is 1. The zero-order valence-electron chi connectivity index (χ0n) is 18.3. The van der Waals surface area contributed by atoms with Gasteiger partial charge in [0.25, 0.3) is 11.7 Å². The number of aliphatic hydroxyl groups is 1. The molecule has 0 aliphatic carbocycles. The van der Waals surface area contributed by atoms with Crippen molar-refractivity contribution in [2.24, 2.45) is 0 Å². The van der Waals surface area contributed by atoms with Crippen LogP contribution in [0.2, 0.25) is 5.02 Å². The van der Waals surface area contributed by atoms with E-state index in [9.17, 15) is 14.7 Å². The number of aryl methyl sites for hydroxylation is 1. The Morgan fingerprint density at radius 1 is 1.12 bits per heavy atom. The normalized spacial score (nSPS) is 17.4. The van der Waals surface area contributed by atoms with E-state index in [1.807, 2.05) is 13.8 Å². The average molecular weight is 463 g/mol. The van der Waals surface area contributed by atoms with Gasteiger partial charge in [-0.3, -0.25) is 19.5 Å². The lowest BCUT2D eigenvalue weighted by Crippen LogP contribution is -2.29. The summed E-state index contributed by atoms with van der Waals surface area (Å²) in [5.41, 5.74) is 2.08. The number of carbonyl (C=O) groups is 2. The Morgan fingerprint density at radius 3 is 2.64 bits per heavy atom. The quantitative estimate of drug-likeness (QED) is 0.299. The number of hydrogen-bond acceptors (Lipinski definition) is 5. The van der Waals surface area contributed by atoms with Gasteiger partial charge in [-0.15, -0.1) is 0 Å². The Kier molecular flexibility index (Phi) is 6.47. The molecule has 1 aromatic heterocycles. The number of ether oxygens (including phenoxy) is 1. The van der Waals surface area contributed by atoms with Crippen LogP contribution in [-0.4, -0.2) is 28.4 Å². The SMILES string of the molecule is CCCOc1cccc(/C(O)=C2\C(=O)C(=O)N(c3ccc(C)c(Cl)c3)C2c2ccccn2)c1. The molecule has 0 saturated carbocycles. The molecule has 7 heteroatoms. The summed E-state index contributed by atoms with van der Waals surface area (Å²) in [5.74, 6) is -1.27. The van der Waals surface area contributed by atoms with E-state index in [2.05, 4.69) is 4.98 Å². The zero-order chi connectivity index (χ0) is 23.5. The van der Waals surface area contributed by atoms with Crippen LogP contribution in [0.4, 0.5) is 5.69 Å². The molecule has 33 heavy (non-hydrogen) atoms. The monoisotopic (exact) mass is 462 g/mol. The first-order chi connectivity index (χ1) is 15.9. The fourth-order valence-electron chi connectivity index (χ4n) is 3.76. The number of Topliss-reactive ketones (excluding diaryl/α,β-unsaturated/α-hetero) is 1. The third-order valence-corrected chi connectivity index (χ3v) is 5.83. The lowest BCUT2D eigenvalue weighted by atomic mass is 9.98. The number of carbonyl (C=O) groups excluding carboxylic acids is 2. The number of halogens is 1. The first-order valence-corrected chi connectivity index (χ1v) is 11.0. The van der Waals surface area contributed by atoms with Crippen LogP contribution in [-0.2, 0) is 9.59 Å². The lowest BCUT2D eigenvalue weighted by Gasteiger charge is -2.25. The Morgan fingerprint density at radius 2 is 1.94 bits per heavy atom. The minimum atomic E-state index is -0.912. The summed E-state index contributed by atoms with van der Waals surface area (Å²) in [4.78, 5) is 32.1. The van der Waals surface area contributed by atoms with Gasteiger partial charge in [-0.05, 0) is 55.3 Å². The largest absolute Gasteiger partial charge is 0.507 e. The first kappa shape index (κ1) is 22.6. The second kappa shape index (κ2) is 9.46. The molecule has 0 bridgehead atoms. The van der Waals surface area contributed by atoms with Gasteiger partial charge in [-0.2, -0.15) is 0 Å². The molecule has 2 aromatic carbocycles. The van der Waals surface area contributed by atoms with Crippen LogP contribution in [0, 0.1) is 6.92 Å². The molecule has 1 N–H and O–H groups in total. The Bertz CT molecular complexity index is 1240. The molecule has 1 atom stereocenters. The molecule has 2 heterocycles. The number of nitrogens with zero attached hydrogens (tertiary/aromatic N) is 2. The predicted octanol–water partition coefficient (Wildman–Crippen LogP) is 5.46. The van der Waals surface area contributed by atoms with E-state index in [0.717, 1.165) is 12.0 Å². The molecule has 0 radical (unpaired) electrons. The molecule has 1 unspecified atom stereocenters. The number of aromatic nitrogens is 1. The van der Waals surface area contributed by atoms with Crippen molar-refractivity contribution in [2.45, 2.75) is 26.3 Å². The Balaban J connectivity index is 1.88. The number of ketones is 1. The highest BCUT2D eigenvalue weighted by atomic mass is 35.5. The number of anilines is 1. The van der Waals surface area contributed by atoms with E-state index in [4.69, 9.17) is 16.3 Å². The molecular weight excluding hydrogens is 440 g/mol. The van der Waals surface area contributed by atoms with Gasteiger partial charge in [0.1, 0.15) is 17.6 Å². The van der Waals surface area contributed by atoms with Gasteiger partial charge in [-0.1, -0.05) is 42.8 Å². The minimum Gasteiger partial charge on any atom is -0.507 e. The number of aliphatic hydroxyl groups excluding tert-OH is 1. The lowest BCUT2D eigenvalue weighted by molar-refractivity contribution is -0.132. The average Bonchev–Trinajstić information content (AvgIpc) is 3.10. The molecule has 1 fully saturated rings. The van der Waals surface area contributed by atoms with Crippen molar-refractivity contribution < 1.29 is 19.4 Å². The van der Waals surface area contributed by atoms with E-state index in [0.29, 0.717) is 34.3 Å². The molecule has 1 aliphatic heterocycles. The molecule has 0 spiro atoms. The highest BCUT2D eigenvalue weighted by Crippen LogP contribution is 2.42. The van der Waals surface area contributed by atoms with Crippen molar-refractivity contribution in [3.63, 3.8) is 0 Å². The molecule has 1 saturated heterocycles. The van der Waals surface area contributed by atoms with Gasteiger partial charge in [0.05, 0.1) is 17.9 Å². The van der Waals surface area contributed by atoms with Gasteiger partial charge in [0.2, 0.25) is 0 Å². The minimum absolute atomic E-state index is 0.0389. The fourth-order valence-corrected chi connectivity index (χ4v) is 3.93. The number of amides is 1. The summed E-state index contributed by atoms with van der Waals surface area (Å²) < 4.78 is 5.66. The highest BCUT2D eigenvalue weighted by Gasteiger charge is 2.47. The van der Waals surface area contributed by atoms with Crippen LogP contribution in [0.3, 0.4) is 0 Å². The first-order valence-electron chi connectivity index (χ1n) is 10.6. The summed E-state index contributed by atoms with van der Waals surface area (Å²) in [6, 6.07) is 16.3. The number of pyridine rings is 1. The van der Waals surface area contributed by atoms with Crippen molar-refractivity contribution in [3.8, 4) is 5.75 Å². The molecule has 1 amide bonds. The van der Waals surface area contributed by atoms with Crippen LogP contribution in [0.1, 0.15) is 36.2 Å². The van der Waals surface area contributed by atoms with Gasteiger partial charge in [-0.25, -0.2) is 0 Å². The van der Waals surface area contributed by atoms with Crippen molar-refractivity contribution in [2.75, 3.05) is 11.5 Å². The third-order valence-electron chi connectivity index (χ3n) is 5.43. The topological polar surface area (TPSA) is 79.7 Å². The molecule has 1 aliphatic rings. The fraction of sp³-hybridized carbons (Fsp3) is 0.192. The van der Waals surface area contributed by atoms with Crippen LogP contribution >= 0.6 is 11.6 Å². The van der Waals surface area contributed by atoms with Crippen molar-refractivity contribution in [1.29, 1.82) is 0 Å². The summed E-state index contributed by atoms with van der Waals surface area (Å²) in [6.45, 7) is 4.37. The van der Waals surface area contributed by atoms with E-state index in [-0.39, 0.29) is 11.3 Å². The zero-order valence-corrected chi connectivity index (χ0v) is 19.0. The van der Waals surface area contributed by atoms with Gasteiger partial charge in [0, 0.05) is 22.5 Å². The van der Waals surface area contributed by atoms with E-state index >= 15 is 0 Å². The standard InChI is InChI=1S/C26H23ClN2O4/c1-3-13-33-19-8-6-7-17(14-19)24(30)22-23(21-9-4-5-12-28-21)29(26(32)25(22)31)18-11-10-16(2)20(27)15-18/h4-12,14-15,23,30H,3,13H2,1-2H3/b24-22+. The predicted molar refractivity (Wildman–Crippen MR) is 127 cm³/mol. The summed E-state index contributed by atoms with van der Waals surface area (Å²) >= 11 is 6.31. The maximum Gasteiger partial charge on any atom is 0.300 e. The van der Waals surface area contributed by atoms with Crippen LogP contribution < -0.4 is 9.64 Å². The van der Waals surface area contributed by atoms with Crippen molar-refractivity contribution in [1.82, 2.24) is 4.98 Å². The number of rotatable bonds is 6. The summed E-state index contributed by atoms with van der Waals surface area (Å²) in [7, 11) is 0. The molecular formula is C26H23ClN2O4. The van der Waals surface area contributed by atoms with Crippen molar-refractivity contribution >= 4 is 34.7 Å². The maximum atomic E-state index is 13.2. The van der Waals surface area contributed by atoms with Gasteiger partial charge < -0.3 is 9.84 Å². The Hall–Kier alpha value is -3.64. The van der Waals surface area contributed by atoms with Crippen LogP contribution in [0.25, 0.3) is 5.76 Å². The van der Waals surface area contributed by atoms with E-state index < -0.39 is 17.7 Å². The number of benzene rings is 2. The molecule has 168 valence electrons. The van der Waals surface area contributed by atoms with Crippen molar-refractivity contribution in [3.05, 3.63) is 94.3 Å². The molecule has 4 rings (SSSR count). The Labute approximate surface area is 197 Å². The third kappa shape index (κ3) is 4.34. The smallest absolute Gasteiger partial charge is 0.300 e. The second-order valence-electron chi connectivity index (χ2n) is 7.73. The maximum absolute atomic E-state index is 13.2. The van der Waals surface area contributed by atoms with Crippen LogP contribution in [0.5, 0.6) is 5.75 Å². The molecule has 6 nitrogen and oxygen atoms in total. The summed E-state index contributed by atoms with van der Waals surface area (Å²) in [6.07, 6.45) is 2.41. The molecule has 3 aromatic rings. The van der Waals surface area contributed by atoms with Gasteiger partial charge in [0.15, 0.2) is 0 Å². The van der Waals surface area contributed by atoms with E-state index in [1.54, 1.807) is 66.9 Å². The highest BCUT2D eigenvalue weighted by molar-refractivity contribution is 6.51. The van der Waals surface area contributed by atoms with Crippen LogP contribution in [0.15, 0.2) is 72.4 Å². The summed E-state index contributed by atoms with van der Waals surface area (Å²) in [5, 5.41) is 11.7. The second-order valence-corrected chi connectivity index (χ2v) is 8.14. The van der Waals surface area contributed by atoms with Gasteiger partial charge >= 0.3 is 0 Å².